The van der Waals surface area contributed by atoms with E-state index < -0.39 is 10.0 Å². The smallest absolute Gasteiger partial charge is 0.245 e. The molecule has 0 saturated heterocycles. The maximum atomic E-state index is 15.6. The maximum absolute atomic E-state index is 15.6. The lowest BCUT2D eigenvalue weighted by Crippen LogP contribution is -2.31. The van der Waals surface area contributed by atoms with Gasteiger partial charge in [0.2, 0.25) is 15.8 Å². The number of methoxy groups -OCH3 is 3. The summed E-state index contributed by atoms with van der Waals surface area (Å²) in [5, 5.41) is 24.0. The molecule has 0 unspecified atom stereocenters. The summed E-state index contributed by atoms with van der Waals surface area (Å²) in [6, 6.07) is 31.4. The molecule has 0 fully saturated rings. The third-order valence-electron chi connectivity index (χ3n) is 8.99. The Bertz CT molecular complexity index is 2490. The third-order valence-corrected chi connectivity index (χ3v) is 12.9. The third kappa shape index (κ3) is 8.34. The molecule has 13 nitrogen and oxygen atoms in total. The van der Waals surface area contributed by atoms with Crippen molar-refractivity contribution in [2.24, 2.45) is 0 Å². The largest absolute Gasteiger partial charge is 0.497 e. The Morgan fingerprint density at radius 3 is 1.95 bits per heavy atom. The van der Waals surface area contributed by atoms with Crippen LogP contribution in [-0.4, -0.2) is 76.7 Å². The normalized spacial score (nSPS) is 11.7. The zero-order valence-electron chi connectivity index (χ0n) is 30.8. The van der Waals surface area contributed by atoms with E-state index >= 15 is 8.42 Å². The molecule has 288 valence electrons. The highest BCUT2D eigenvalue weighted by Crippen LogP contribution is 2.45. The van der Waals surface area contributed by atoms with Crippen LogP contribution in [0.3, 0.4) is 0 Å². The van der Waals surface area contributed by atoms with Gasteiger partial charge < -0.3 is 25.1 Å². The molecule has 0 saturated carbocycles. The molecule has 7 aromatic rings. The molecule has 2 heterocycles. The standard InChI is InChI=1S/C40H39N7O6S3/c1-51-29-13-7-26(8-14-29)23-46(24-27-9-15-30(52-2)16-10-27)56(49,50)38-35(54-22-21-48)20-19-32(33-5-4-6-34-37(33)42-40(41)55-34)36(38)39-43-45-47(44-39)25-28-11-17-31(53-3)18-12-28/h4-20,48H,21-25H2,1-3H3,(H2,41,42). The molecule has 56 heavy (non-hydrogen) atoms. The predicted octanol–water partition coefficient (Wildman–Crippen LogP) is 6.75. The van der Waals surface area contributed by atoms with Crippen molar-refractivity contribution in [3.63, 3.8) is 0 Å². The first-order chi connectivity index (χ1) is 27.2. The number of rotatable bonds is 16. The number of tetrazole rings is 1. The van der Waals surface area contributed by atoms with Gasteiger partial charge in [-0.2, -0.15) is 9.10 Å². The number of ether oxygens (including phenoxy) is 3. The lowest BCUT2D eigenvalue weighted by atomic mass is 9.98. The van der Waals surface area contributed by atoms with Gasteiger partial charge in [-0.05, 0) is 76.0 Å². The van der Waals surface area contributed by atoms with Crippen molar-refractivity contribution in [1.82, 2.24) is 29.5 Å². The Hall–Kier alpha value is -5.52. The van der Waals surface area contributed by atoms with E-state index in [1.165, 1.54) is 32.2 Å². The number of aromatic nitrogens is 5. The van der Waals surface area contributed by atoms with Gasteiger partial charge in [-0.3, -0.25) is 0 Å². The maximum Gasteiger partial charge on any atom is 0.245 e. The minimum Gasteiger partial charge on any atom is -0.497 e. The molecule has 0 aliphatic heterocycles. The highest BCUT2D eigenvalue weighted by atomic mass is 32.2. The molecule has 16 heteroatoms. The molecule has 7 rings (SSSR count). The van der Waals surface area contributed by atoms with Crippen LogP contribution in [0.1, 0.15) is 16.7 Å². The highest BCUT2D eigenvalue weighted by Gasteiger charge is 2.35. The number of sulfonamides is 1. The lowest BCUT2D eigenvalue weighted by Gasteiger charge is -2.26. The van der Waals surface area contributed by atoms with Crippen LogP contribution in [0.2, 0.25) is 0 Å². The number of thiazole rings is 1. The lowest BCUT2D eigenvalue weighted by molar-refractivity contribution is 0.322. The number of para-hydroxylation sites is 1. The first-order valence-corrected chi connectivity index (χ1v) is 20.7. The number of fused-ring (bicyclic) bond motifs is 1. The fraction of sp³-hybridized carbons (Fsp3) is 0.200. The second kappa shape index (κ2) is 17.1. The average Bonchev–Trinajstić information content (AvgIpc) is 3.85. The van der Waals surface area contributed by atoms with Crippen LogP contribution in [0, 0.1) is 0 Å². The van der Waals surface area contributed by atoms with Gasteiger partial charge in [-0.25, -0.2) is 13.4 Å². The van der Waals surface area contributed by atoms with E-state index in [0.717, 1.165) is 21.4 Å². The summed E-state index contributed by atoms with van der Waals surface area (Å²) in [6.07, 6.45) is 0. The monoisotopic (exact) mass is 809 g/mol. The van der Waals surface area contributed by atoms with E-state index in [0.29, 0.717) is 43.9 Å². The molecule has 0 aliphatic rings. The van der Waals surface area contributed by atoms with Crippen LogP contribution in [0.25, 0.3) is 32.7 Å². The number of anilines is 1. The van der Waals surface area contributed by atoms with Gasteiger partial charge in [-0.15, -0.1) is 22.0 Å². The Labute approximate surface area is 332 Å². The molecule has 0 spiro atoms. The highest BCUT2D eigenvalue weighted by molar-refractivity contribution is 8.00. The zero-order chi connectivity index (χ0) is 39.2. The van der Waals surface area contributed by atoms with E-state index in [2.05, 4.69) is 15.3 Å². The summed E-state index contributed by atoms with van der Waals surface area (Å²) in [6.45, 7) is 0.160. The van der Waals surface area contributed by atoms with Crippen molar-refractivity contribution in [1.29, 1.82) is 0 Å². The molecule has 0 aliphatic carbocycles. The van der Waals surface area contributed by atoms with Crippen LogP contribution < -0.4 is 19.9 Å². The molecule has 0 radical (unpaired) electrons. The summed E-state index contributed by atoms with van der Waals surface area (Å²) in [7, 11) is 0.355. The fourth-order valence-corrected chi connectivity index (χ4v) is 9.89. The Morgan fingerprint density at radius 2 is 1.38 bits per heavy atom. The fourth-order valence-electron chi connectivity index (χ4n) is 6.25. The Balaban J connectivity index is 1.45. The van der Waals surface area contributed by atoms with Crippen LogP contribution in [-0.2, 0) is 29.7 Å². The molecule has 0 bridgehead atoms. The quantitative estimate of drug-likeness (QED) is 0.0988. The van der Waals surface area contributed by atoms with Crippen molar-refractivity contribution >= 4 is 48.5 Å². The topological polar surface area (TPSA) is 168 Å². The van der Waals surface area contributed by atoms with Crippen molar-refractivity contribution in [3.8, 4) is 39.8 Å². The van der Waals surface area contributed by atoms with Gasteiger partial charge in [0.1, 0.15) is 22.1 Å². The van der Waals surface area contributed by atoms with Gasteiger partial charge >= 0.3 is 0 Å². The minimum absolute atomic E-state index is 0.0142. The van der Waals surface area contributed by atoms with Crippen LogP contribution >= 0.6 is 23.1 Å². The average molecular weight is 810 g/mol. The summed E-state index contributed by atoms with van der Waals surface area (Å²) in [4.78, 5) is 6.48. The second-order valence-corrected chi connectivity index (χ2v) is 16.6. The van der Waals surface area contributed by atoms with Gasteiger partial charge in [0.15, 0.2) is 5.13 Å². The first kappa shape index (κ1) is 38.7. The minimum atomic E-state index is -4.41. The van der Waals surface area contributed by atoms with E-state index in [1.54, 1.807) is 51.7 Å². The molecule has 3 N–H and O–H groups in total. The number of nitrogens with zero attached hydrogens (tertiary/aromatic N) is 6. The van der Waals surface area contributed by atoms with E-state index in [1.807, 2.05) is 72.8 Å². The Kier molecular flexibility index (Phi) is 11.8. The van der Waals surface area contributed by atoms with Gasteiger partial charge in [0, 0.05) is 29.3 Å². The van der Waals surface area contributed by atoms with E-state index in [9.17, 15) is 5.11 Å². The number of nitrogens with two attached hydrogens (primary N) is 1. The molecule has 2 aromatic heterocycles. The summed E-state index contributed by atoms with van der Waals surface area (Å²) >= 11 is 2.57. The van der Waals surface area contributed by atoms with Crippen LogP contribution in [0.4, 0.5) is 5.13 Å². The Morgan fingerprint density at radius 1 is 0.786 bits per heavy atom. The van der Waals surface area contributed by atoms with Crippen molar-refractivity contribution in [2.75, 3.05) is 39.4 Å². The number of hydrogen-bond donors (Lipinski definition) is 2. The SMILES string of the molecule is COc1ccc(CN(Cc2ccc(OC)cc2)S(=O)(=O)c2c(SCCO)ccc(-c3cccc4sc(N)nc34)c2-c2nnn(Cc3ccc(OC)cc3)n2)cc1. The number of aliphatic hydroxyl groups excluding tert-OH is 1. The summed E-state index contributed by atoms with van der Waals surface area (Å²) in [5.74, 6) is 2.36. The number of benzene rings is 5. The van der Waals surface area contributed by atoms with Crippen molar-refractivity contribution in [3.05, 3.63) is 120 Å². The second-order valence-electron chi connectivity index (χ2n) is 12.6. The summed E-state index contributed by atoms with van der Waals surface area (Å²) in [5.41, 5.74) is 10.6. The summed E-state index contributed by atoms with van der Waals surface area (Å²) < 4.78 is 49.6. The van der Waals surface area contributed by atoms with E-state index in [4.69, 9.17) is 25.0 Å². The first-order valence-electron chi connectivity index (χ1n) is 17.4. The number of nitrogen functional groups attached to an aromatic ring is 1. The van der Waals surface area contributed by atoms with Gasteiger partial charge in [-0.1, -0.05) is 65.9 Å². The van der Waals surface area contributed by atoms with Crippen LogP contribution in [0.5, 0.6) is 17.2 Å². The number of hydrogen-bond acceptors (Lipinski definition) is 13. The van der Waals surface area contributed by atoms with Crippen molar-refractivity contribution in [2.45, 2.75) is 29.4 Å². The van der Waals surface area contributed by atoms with E-state index in [-0.39, 0.29) is 48.3 Å². The number of aliphatic hydroxyl groups is 1. The molecule has 0 amide bonds. The zero-order valence-corrected chi connectivity index (χ0v) is 33.3. The number of thioether (sulfide) groups is 1. The molecule has 0 atom stereocenters. The molecule has 5 aromatic carbocycles. The molecular weight excluding hydrogens is 771 g/mol. The van der Waals surface area contributed by atoms with Gasteiger partial charge in [0.05, 0.1) is 50.3 Å². The predicted molar refractivity (Wildman–Crippen MR) is 219 cm³/mol. The van der Waals surface area contributed by atoms with Gasteiger partial charge in [0.25, 0.3) is 0 Å². The van der Waals surface area contributed by atoms with Crippen LogP contribution in [0.15, 0.2) is 113 Å². The van der Waals surface area contributed by atoms with Crippen molar-refractivity contribution < 1.29 is 27.7 Å². The molecular formula is C40H39N7O6S3.